The number of hydrogen-bond acceptors (Lipinski definition) is 3. The average molecular weight is 395 g/mol. The van der Waals surface area contributed by atoms with Crippen molar-refractivity contribution < 1.29 is 9.59 Å². The molecular weight excluding hydrogens is 364 g/mol. The lowest BCUT2D eigenvalue weighted by Gasteiger charge is -2.48. The third kappa shape index (κ3) is 3.69. The van der Waals surface area contributed by atoms with Gasteiger partial charge in [-0.25, -0.2) is 0 Å². The fourth-order valence-corrected chi connectivity index (χ4v) is 4.78. The van der Waals surface area contributed by atoms with Crippen LogP contribution in [0.4, 0.5) is 0 Å². The van der Waals surface area contributed by atoms with Crippen LogP contribution in [0.2, 0.25) is 0 Å². The van der Waals surface area contributed by atoms with E-state index >= 15 is 0 Å². The molecule has 29 heavy (non-hydrogen) atoms. The number of nitrogens with zero attached hydrogens (tertiary/aromatic N) is 4. The molecule has 2 aromatic rings. The molecule has 0 aliphatic carbocycles. The second kappa shape index (κ2) is 7.67. The maximum absolute atomic E-state index is 13.2. The fourth-order valence-electron chi connectivity index (χ4n) is 4.78. The molecule has 0 atom stereocenters. The van der Waals surface area contributed by atoms with E-state index in [2.05, 4.69) is 29.2 Å². The van der Waals surface area contributed by atoms with Crippen molar-refractivity contribution in [2.24, 2.45) is 7.05 Å². The molecule has 6 nitrogen and oxygen atoms in total. The molecule has 1 spiro atoms. The normalized spacial score (nSPS) is 18.5. The highest BCUT2D eigenvalue weighted by Crippen LogP contribution is 2.42. The molecule has 3 heterocycles. The fraction of sp³-hybridized carbons (Fsp3) is 0.478. The minimum atomic E-state index is -0.0344. The summed E-state index contributed by atoms with van der Waals surface area (Å²) in [5.74, 6) is 0.238. The van der Waals surface area contributed by atoms with E-state index in [0.29, 0.717) is 13.1 Å². The lowest BCUT2D eigenvalue weighted by Crippen LogP contribution is -2.54. The lowest BCUT2D eigenvalue weighted by molar-refractivity contribution is -0.130. The smallest absolute Gasteiger partial charge is 0.270 e. The summed E-state index contributed by atoms with van der Waals surface area (Å²) < 4.78 is 1.89. The number of carbonyl (C=O) groups excluding carboxylic acids is 2. The summed E-state index contributed by atoms with van der Waals surface area (Å²) in [4.78, 5) is 31.3. The maximum atomic E-state index is 13.2. The van der Waals surface area contributed by atoms with E-state index in [1.165, 1.54) is 11.1 Å². The van der Waals surface area contributed by atoms with Gasteiger partial charge in [0, 0.05) is 45.8 Å². The molecule has 0 saturated carbocycles. The van der Waals surface area contributed by atoms with Crippen molar-refractivity contribution in [2.45, 2.75) is 24.8 Å². The molecule has 2 aliphatic heterocycles. The number of aryl methyl sites for hydroxylation is 1. The van der Waals surface area contributed by atoms with Crippen LogP contribution in [0.25, 0.3) is 0 Å². The molecular formula is C23H30N4O2. The molecule has 1 saturated heterocycles. The number of likely N-dealkylation sites (tertiary alicyclic amines) is 1. The highest BCUT2D eigenvalue weighted by atomic mass is 16.2. The zero-order valence-electron chi connectivity index (χ0n) is 17.6. The van der Waals surface area contributed by atoms with Gasteiger partial charge in [-0.3, -0.25) is 14.5 Å². The van der Waals surface area contributed by atoms with E-state index in [4.69, 9.17) is 0 Å². The standard InChI is InChI=1S/C23H30N4O2/c1-24(2)21(28)16-26-13-10-23(11-14-26)17-27(15-18-7-4-5-8-19(18)23)22(29)20-9-6-12-25(20)3/h4-9,12H,10-11,13-17H2,1-3H3. The Bertz CT molecular complexity index is 909. The molecule has 2 aliphatic rings. The van der Waals surface area contributed by atoms with Crippen LogP contribution in [0.15, 0.2) is 42.6 Å². The number of hydrogen-bond donors (Lipinski definition) is 0. The molecule has 0 N–H and O–H groups in total. The van der Waals surface area contributed by atoms with E-state index < -0.39 is 0 Å². The van der Waals surface area contributed by atoms with Crippen molar-refractivity contribution >= 4 is 11.8 Å². The number of benzene rings is 1. The van der Waals surface area contributed by atoms with Crippen LogP contribution in [0.1, 0.15) is 34.5 Å². The molecule has 1 aromatic heterocycles. The Morgan fingerprint density at radius 2 is 1.79 bits per heavy atom. The van der Waals surface area contributed by atoms with E-state index in [9.17, 15) is 9.59 Å². The van der Waals surface area contributed by atoms with Crippen LogP contribution >= 0.6 is 0 Å². The number of fused-ring (bicyclic) bond motifs is 2. The first-order valence-electron chi connectivity index (χ1n) is 10.3. The number of piperidine rings is 1. The average Bonchev–Trinajstić information content (AvgIpc) is 3.15. The molecule has 1 aromatic carbocycles. The third-order valence-corrected chi connectivity index (χ3v) is 6.56. The summed E-state index contributed by atoms with van der Waals surface area (Å²) in [5, 5.41) is 0. The van der Waals surface area contributed by atoms with Crippen molar-refractivity contribution in [3.8, 4) is 0 Å². The summed E-state index contributed by atoms with van der Waals surface area (Å²) in [6.07, 6.45) is 3.84. The Labute approximate surface area is 172 Å². The monoisotopic (exact) mass is 394 g/mol. The Morgan fingerprint density at radius 1 is 1.07 bits per heavy atom. The largest absolute Gasteiger partial charge is 0.348 e. The first-order valence-corrected chi connectivity index (χ1v) is 10.3. The second-order valence-corrected chi connectivity index (χ2v) is 8.67. The van der Waals surface area contributed by atoms with Gasteiger partial charge >= 0.3 is 0 Å². The van der Waals surface area contributed by atoms with Gasteiger partial charge in [-0.15, -0.1) is 0 Å². The van der Waals surface area contributed by atoms with Crippen LogP contribution in [-0.4, -0.2) is 71.4 Å². The Morgan fingerprint density at radius 3 is 2.45 bits per heavy atom. The van der Waals surface area contributed by atoms with Crippen LogP contribution in [0.5, 0.6) is 0 Å². The zero-order valence-corrected chi connectivity index (χ0v) is 17.6. The van der Waals surface area contributed by atoms with Gasteiger partial charge in [0.2, 0.25) is 5.91 Å². The van der Waals surface area contributed by atoms with Crippen molar-refractivity contribution in [3.63, 3.8) is 0 Å². The zero-order chi connectivity index (χ0) is 20.6. The maximum Gasteiger partial charge on any atom is 0.270 e. The lowest BCUT2D eigenvalue weighted by atomic mass is 9.68. The highest BCUT2D eigenvalue weighted by molar-refractivity contribution is 5.93. The van der Waals surface area contributed by atoms with Gasteiger partial charge in [0.25, 0.3) is 5.91 Å². The van der Waals surface area contributed by atoms with Gasteiger partial charge in [-0.05, 0) is 49.2 Å². The summed E-state index contributed by atoms with van der Waals surface area (Å²) in [6.45, 7) is 3.62. The predicted molar refractivity (Wildman–Crippen MR) is 113 cm³/mol. The van der Waals surface area contributed by atoms with Crippen LogP contribution in [0.3, 0.4) is 0 Å². The van der Waals surface area contributed by atoms with Gasteiger partial charge in [0.15, 0.2) is 0 Å². The highest BCUT2D eigenvalue weighted by Gasteiger charge is 2.43. The van der Waals surface area contributed by atoms with Gasteiger partial charge in [-0.1, -0.05) is 24.3 Å². The molecule has 154 valence electrons. The van der Waals surface area contributed by atoms with Gasteiger partial charge in [-0.2, -0.15) is 0 Å². The number of rotatable bonds is 3. The second-order valence-electron chi connectivity index (χ2n) is 8.67. The van der Waals surface area contributed by atoms with Crippen molar-refractivity contribution in [1.82, 2.24) is 19.3 Å². The van der Waals surface area contributed by atoms with Crippen molar-refractivity contribution in [2.75, 3.05) is 40.3 Å². The van der Waals surface area contributed by atoms with E-state index in [0.717, 1.165) is 38.2 Å². The quantitative estimate of drug-likeness (QED) is 0.801. The predicted octanol–water partition coefficient (Wildman–Crippen LogP) is 2.10. The van der Waals surface area contributed by atoms with Gasteiger partial charge in [0.05, 0.1) is 6.54 Å². The third-order valence-electron chi connectivity index (χ3n) is 6.56. The molecule has 1 fully saturated rings. The van der Waals surface area contributed by atoms with E-state index in [-0.39, 0.29) is 17.2 Å². The SMILES string of the molecule is CN(C)C(=O)CN1CCC2(CC1)CN(C(=O)c1cccn1C)Cc1ccccc12. The van der Waals surface area contributed by atoms with Gasteiger partial charge in [0.1, 0.15) is 5.69 Å². The topological polar surface area (TPSA) is 48.8 Å². The van der Waals surface area contributed by atoms with Crippen LogP contribution < -0.4 is 0 Å². The molecule has 0 radical (unpaired) electrons. The molecule has 0 unspecified atom stereocenters. The molecule has 6 heteroatoms. The minimum absolute atomic E-state index is 0.0344. The van der Waals surface area contributed by atoms with Crippen molar-refractivity contribution in [3.05, 3.63) is 59.4 Å². The first kappa shape index (κ1) is 19.7. The summed E-state index contributed by atoms with van der Waals surface area (Å²) in [5.41, 5.74) is 3.33. The number of likely N-dealkylation sites (N-methyl/N-ethyl adjacent to an activating group) is 1. The summed E-state index contributed by atoms with van der Waals surface area (Å²) >= 11 is 0. The van der Waals surface area contributed by atoms with Gasteiger partial charge < -0.3 is 14.4 Å². The Kier molecular flexibility index (Phi) is 5.21. The molecule has 2 amide bonds. The number of aromatic nitrogens is 1. The molecule has 0 bridgehead atoms. The number of amides is 2. The number of carbonyl (C=O) groups is 2. The first-order chi connectivity index (χ1) is 13.9. The summed E-state index contributed by atoms with van der Waals surface area (Å²) in [6, 6.07) is 12.4. The van der Waals surface area contributed by atoms with Crippen molar-refractivity contribution in [1.29, 1.82) is 0 Å². The van der Waals surface area contributed by atoms with E-state index in [1.54, 1.807) is 19.0 Å². The Balaban J connectivity index is 1.57. The minimum Gasteiger partial charge on any atom is -0.348 e. The Hall–Kier alpha value is -2.60. The molecule has 4 rings (SSSR count). The van der Waals surface area contributed by atoms with E-state index in [1.807, 2.05) is 34.8 Å². The van der Waals surface area contributed by atoms with Crippen LogP contribution in [0, 0.1) is 0 Å². The summed E-state index contributed by atoms with van der Waals surface area (Å²) in [7, 11) is 5.53. The van der Waals surface area contributed by atoms with Crippen LogP contribution in [-0.2, 0) is 23.8 Å².